The molecule has 7 nitrogen and oxygen atoms in total. The van der Waals surface area contributed by atoms with Crippen molar-refractivity contribution in [1.82, 2.24) is 20.4 Å². The molecule has 0 saturated carbocycles. The minimum atomic E-state index is -0.0174. The lowest BCUT2D eigenvalue weighted by atomic mass is 10.0. The van der Waals surface area contributed by atoms with Gasteiger partial charge in [-0.2, -0.15) is 0 Å². The van der Waals surface area contributed by atoms with Gasteiger partial charge in [0.05, 0.1) is 6.54 Å². The lowest BCUT2D eigenvalue weighted by molar-refractivity contribution is -0.116. The third-order valence-corrected chi connectivity index (χ3v) is 5.53. The van der Waals surface area contributed by atoms with Gasteiger partial charge in [0.1, 0.15) is 0 Å². The minimum Gasteiger partial charge on any atom is -0.354 e. The van der Waals surface area contributed by atoms with Crippen molar-refractivity contribution < 1.29 is 4.79 Å². The molecule has 0 aliphatic carbocycles. The second-order valence-corrected chi connectivity index (χ2v) is 8.59. The number of benzene rings is 2. The monoisotopic (exact) mass is 564 g/mol. The van der Waals surface area contributed by atoms with Gasteiger partial charge in [-0.1, -0.05) is 42.5 Å². The van der Waals surface area contributed by atoms with Gasteiger partial charge in [-0.15, -0.1) is 24.0 Å². The van der Waals surface area contributed by atoms with E-state index >= 15 is 0 Å². The largest absolute Gasteiger partial charge is 0.354 e. The first kappa shape index (κ1) is 27.1. The molecule has 1 heterocycles. The average molecular weight is 565 g/mol. The Kier molecular flexibility index (Phi) is 11.6. The molecule has 1 saturated heterocycles. The predicted octanol–water partition coefficient (Wildman–Crippen LogP) is 3.13. The van der Waals surface area contributed by atoms with Crippen LogP contribution in [0.4, 0.5) is 5.69 Å². The van der Waals surface area contributed by atoms with Gasteiger partial charge in [0.2, 0.25) is 5.91 Å². The van der Waals surface area contributed by atoms with E-state index in [1.165, 1.54) is 5.56 Å². The Bertz CT molecular complexity index is 881. The summed E-state index contributed by atoms with van der Waals surface area (Å²) in [6.07, 6.45) is 2.20. The first-order valence-corrected chi connectivity index (χ1v) is 11.3. The molecule has 180 valence electrons. The maximum Gasteiger partial charge on any atom is 0.238 e. The van der Waals surface area contributed by atoms with Crippen LogP contribution in [0.1, 0.15) is 24.0 Å². The number of anilines is 1. The number of hydrogen-bond donors (Lipinski definition) is 3. The molecule has 1 amide bonds. The van der Waals surface area contributed by atoms with Crippen LogP contribution in [0.3, 0.4) is 0 Å². The van der Waals surface area contributed by atoms with Crippen LogP contribution >= 0.6 is 24.0 Å². The Morgan fingerprint density at radius 3 is 2.42 bits per heavy atom. The number of guanidine groups is 1. The molecular formula is C25H37IN6O. The number of halogens is 1. The third kappa shape index (κ3) is 9.69. The molecule has 0 spiro atoms. The van der Waals surface area contributed by atoms with E-state index in [0.717, 1.165) is 49.7 Å². The quantitative estimate of drug-likeness (QED) is 0.261. The fraction of sp³-hybridized carbons (Fsp3) is 0.440. The number of piperidine rings is 1. The molecule has 0 radical (unpaired) electrons. The Labute approximate surface area is 215 Å². The fourth-order valence-corrected chi connectivity index (χ4v) is 3.90. The summed E-state index contributed by atoms with van der Waals surface area (Å²) >= 11 is 0. The number of carbonyl (C=O) groups is 1. The number of likely N-dealkylation sites (tertiary alicyclic amines) is 1. The average Bonchev–Trinajstić information content (AvgIpc) is 2.78. The number of aliphatic imine (C=N–C) groups is 1. The molecule has 0 unspecified atom stereocenters. The molecular weight excluding hydrogens is 527 g/mol. The van der Waals surface area contributed by atoms with Gasteiger partial charge in [-0.3, -0.25) is 14.7 Å². The zero-order chi connectivity index (χ0) is 22.8. The molecule has 0 aromatic heterocycles. The molecule has 3 rings (SSSR count). The summed E-state index contributed by atoms with van der Waals surface area (Å²) in [7, 11) is 5.56. The van der Waals surface area contributed by atoms with Gasteiger partial charge in [0.15, 0.2) is 5.96 Å². The second-order valence-electron chi connectivity index (χ2n) is 8.59. The molecule has 1 aliphatic rings. The second kappa shape index (κ2) is 14.2. The molecule has 8 heteroatoms. The summed E-state index contributed by atoms with van der Waals surface area (Å²) in [5.74, 6) is 0.796. The molecule has 0 atom stereocenters. The van der Waals surface area contributed by atoms with E-state index in [4.69, 9.17) is 0 Å². The number of amides is 1. The van der Waals surface area contributed by atoms with Crippen LogP contribution < -0.4 is 16.0 Å². The summed E-state index contributed by atoms with van der Waals surface area (Å²) in [6, 6.07) is 19.0. The molecule has 1 aliphatic heterocycles. The molecule has 3 N–H and O–H groups in total. The van der Waals surface area contributed by atoms with Crippen molar-refractivity contribution in [3.8, 4) is 0 Å². The minimum absolute atomic E-state index is 0. The third-order valence-electron chi connectivity index (χ3n) is 5.53. The topological polar surface area (TPSA) is 72.0 Å². The van der Waals surface area contributed by atoms with Gasteiger partial charge in [-0.25, -0.2) is 0 Å². The highest BCUT2D eigenvalue weighted by molar-refractivity contribution is 14.0. The Morgan fingerprint density at radius 1 is 1.06 bits per heavy atom. The highest BCUT2D eigenvalue weighted by Gasteiger charge is 2.20. The van der Waals surface area contributed by atoms with Gasteiger partial charge < -0.3 is 20.9 Å². The summed E-state index contributed by atoms with van der Waals surface area (Å²) in [5, 5.41) is 9.91. The number of nitrogens with zero attached hydrogens (tertiary/aromatic N) is 3. The number of hydrogen-bond acceptors (Lipinski definition) is 4. The standard InChI is InChI=1S/C25H36N6O.HI/c1-26-25(27-17-21-10-7-11-23(16-21)28-24(32)19-30(2)3)29-22-12-14-31(15-13-22)18-20-8-5-4-6-9-20;/h4-11,16,22H,12-15,17-19H2,1-3H3,(H,28,32)(H2,26,27,29);1H. The van der Waals surface area contributed by atoms with Gasteiger partial charge in [0.25, 0.3) is 0 Å². The van der Waals surface area contributed by atoms with E-state index < -0.39 is 0 Å². The number of rotatable bonds is 8. The van der Waals surface area contributed by atoms with E-state index in [1.54, 1.807) is 7.05 Å². The van der Waals surface area contributed by atoms with Gasteiger partial charge in [0, 0.05) is 45.0 Å². The van der Waals surface area contributed by atoms with Crippen molar-refractivity contribution in [3.63, 3.8) is 0 Å². The number of carbonyl (C=O) groups excluding carboxylic acids is 1. The van der Waals surface area contributed by atoms with Crippen molar-refractivity contribution in [3.05, 3.63) is 65.7 Å². The van der Waals surface area contributed by atoms with Crippen molar-refractivity contribution in [2.45, 2.75) is 32.0 Å². The Morgan fingerprint density at radius 2 is 1.76 bits per heavy atom. The fourth-order valence-electron chi connectivity index (χ4n) is 3.90. The lowest BCUT2D eigenvalue weighted by Gasteiger charge is -2.33. The van der Waals surface area contributed by atoms with Crippen LogP contribution in [0.2, 0.25) is 0 Å². The first-order chi connectivity index (χ1) is 15.5. The maximum absolute atomic E-state index is 12.0. The molecule has 2 aromatic carbocycles. The van der Waals surface area contributed by atoms with Crippen molar-refractivity contribution >= 4 is 41.5 Å². The predicted molar refractivity (Wildman–Crippen MR) is 147 cm³/mol. The Balaban J connectivity index is 0.00000385. The summed E-state index contributed by atoms with van der Waals surface area (Å²) in [6.45, 7) is 4.19. The Hall–Kier alpha value is -2.17. The SMILES string of the molecule is CN=C(NCc1cccc(NC(=O)CN(C)C)c1)NC1CCN(Cc2ccccc2)CC1.I. The van der Waals surface area contributed by atoms with E-state index in [9.17, 15) is 4.79 Å². The van der Waals surface area contributed by atoms with Crippen LogP contribution in [-0.4, -0.2) is 68.5 Å². The van der Waals surface area contributed by atoms with Crippen LogP contribution in [-0.2, 0) is 17.9 Å². The summed E-state index contributed by atoms with van der Waals surface area (Å²) in [4.78, 5) is 20.7. The van der Waals surface area contributed by atoms with E-state index in [0.29, 0.717) is 19.1 Å². The lowest BCUT2D eigenvalue weighted by Crippen LogP contribution is -2.48. The first-order valence-electron chi connectivity index (χ1n) is 11.3. The zero-order valence-electron chi connectivity index (χ0n) is 19.9. The summed E-state index contributed by atoms with van der Waals surface area (Å²) in [5.41, 5.74) is 3.27. The maximum atomic E-state index is 12.0. The van der Waals surface area contributed by atoms with Gasteiger partial charge >= 0.3 is 0 Å². The number of likely N-dealkylation sites (N-methyl/N-ethyl adjacent to an activating group) is 1. The van der Waals surface area contributed by atoms with Crippen molar-refractivity contribution in [2.24, 2.45) is 4.99 Å². The van der Waals surface area contributed by atoms with Crippen LogP contribution in [0.15, 0.2) is 59.6 Å². The normalized spacial score (nSPS) is 15.1. The highest BCUT2D eigenvalue weighted by atomic mass is 127. The van der Waals surface area contributed by atoms with Crippen LogP contribution in [0, 0.1) is 0 Å². The van der Waals surface area contributed by atoms with E-state index in [-0.39, 0.29) is 29.9 Å². The molecule has 1 fully saturated rings. The van der Waals surface area contributed by atoms with Gasteiger partial charge in [-0.05, 0) is 50.2 Å². The smallest absolute Gasteiger partial charge is 0.238 e. The molecule has 33 heavy (non-hydrogen) atoms. The zero-order valence-corrected chi connectivity index (χ0v) is 22.2. The molecule has 0 bridgehead atoms. The summed E-state index contributed by atoms with van der Waals surface area (Å²) < 4.78 is 0. The van der Waals surface area contributed by atoms with Crippen molar-refractivity contribution in [2.75, 3.05) is 46.1 Å². The van der Waals surface area contributed by atoms with E-state index in [1.807, 2.05) is 43.3 Å². The van der Waals surface area contributed by atoms with E-state index in [2.05, 4.69) is 56.2 Å². The number of nitrogens with one attached hydrogen (secondary N) is 3. The van der Waals surface area contributed by atoms with Crippen LogP contribution in [0.5, 0.6) is 0 Å². The van der Waals surface area contributed by atoms with Crippen LogP contribution in [0.25, 0.3) is 0 Å². The van der Waals surface area contributed by atoms with Crippen molar-refractivity contribution in [1.29, 1.82) is 0 Å². The highest BCUT2D eigenvalue weighted by Crippen LogP contribution is 2.14. The molecule has 2 aromatic rings.